The number of amides is 1. The van der Waals surface area contributed by atoms with Gasteiger partial charge in [0.05, 0.1) is 0 Å². The van der Waals surface area contributed by atoms with Gasteiger partial charge in [-0.1, -0.05) is 26.0 Å². The summed E-state index contributed by atoms with van der Waals surface area (Å²) in [5, 5.41) is 4.25. The zero-order valence-electron chi connectivity index (χ0n) is 11.7. The fraction of sp³-hybridized carbons (Fsp3) is 0.438. The molecule has 19 heavy (non-hydrogen) atoms. The topological polar surface area (TPSA) is 44.9 Å². The van der Waals surface area contributed by atoms with Crippen LogP contribution in [0.4, 0.5) is 0 Å². The molecule has 2 N–H and O–H groups in total. The molecule has 0 radical (unpaired) electrons. The Kier molecular flexibility index (Phi) is 4.61. The maximum Gasteiger partial charge on any atom is 0.223 e. The number of fused-ring (bicyclic) bond motifs is 1. The van der Waals surface area contributed by atoms with Crippen molar-refractivity contribution in [3.8, 4) is 0 Å². The van der Waals surface area contributed by atoms with Crippen molar-refractivity contribution in [1.82, 2.24) is 10.3 Å². The molecule has 102 valence electrons. The summed E-state index contributed by atoms with van der Waals surface area (Å²) in [5.41, 5.74) is 2.41. The summed E-state index contributed by atoms with van der Waals surface area (Å²) in [4.78, 5) is 15.1. The van der Waals surface area contributed by atoms with Gasteiger partial charge in [-0.25, -0.2) is 0 Å². The number of carbonyl (C=O) groups excluding carboxylic acids is 1. The van der Waals surface area contributed by atoms with Gasteiger partial charge in [0, 0.05) is 24.2 Å². The summed E-state index contributed by atoms with van der Waals surface area (Å²) in [6.07, 6.45) is 4.65. The van der Waals surface area contributed by atoms with E-state index in [1.54, 1.807) is 0 Å². The third-order valence-electron chi connectivity index (χ3n) is 3.69. The van der Waals surface area contributed by atoms with E-state index in [1.165, 1.54) is 10.9 Å². The molecule has 0 aliphatic rings. The summed E-state index contributed by atoms with van der Waals surface area (Å²) < 4.78 is 0. The summed E-state index contributed by atoms with van der Waals surface area (Å²) in [7, 11) is 0. The van der Waals surface area contributed by atoms with Crippen LogP contribution in [-0.2, 0) is 11.2 Å². The monoisotopic (exact) mass is 258 g/mol. The Labute approximate surface area is 114 Å². The average molecular weight is 258 g/mol. The van der Waals surface area contributed by atoms with Crippen molar-refractivity contribution in [2.24, 2.45) is 5.92 Å². The van der Waals surface area contributed by atoms with Crippen LogP contribution in [0.5, 0.6) is 0 Å². The summed E-state index contributed by atoms with van der Waals surface area (Å²) in [6, 6.07) is 8.45. The van der Waals surface area contributed by atoms with Gasteiger partial charge in [0.1, 0.15) is 0 Å². The third kappa shape index (κ3) is 3.37. The number of aromatic amines is 1. The van der Waals surface area contributed by atoms with Gasteiger partial charge in [-0.2, -0.15) is 0 Å². The second kappa shape index (κ2) is 6.41. The quantitative estimate of drug-likeness (QED) is 0.820. The SMILES string of the molecule is CCC(CC)C(=O)NCCc1ccc2cc[nH]c2c1. The second-order valence-corrected chi connectivity index (χ2v) is 4.95. The standard InChI is InChI=1S/C16H22N2O/c1-3-13(4-2)16(19)18-9-7-12-5-6-14-8-10-17-15(14)11-12/h5-6,8,10-11,13,17H,3-4,7,9H2,1-2H3,(H,18,19). The second-order valence-electron chi connectivity index (χ2n) is 4.95. The van der Waals surface area contributed by atoms with E-state index in [4.69, 9.17) is 0 Å². The predicted molar refractivity (Wildman–Crippen MR) is 79.1 cm³/mol. The first kappa shape index (κ1) is 13.7. The molecule has 1 amide bonds. The molecule has 0 fully saturated rings. The lowest BCUT2D eigenvalue weighted by Gasteiger charge is -2.12. The van der Waals surface area contributed by atoms with Gasteiger partial charge >= 0.3 is 0 Å². The van der Waals surface area contributed by atoms with Crippen LogP contribution in [0.3, 0.4) is 0 Å². The van der Waals surface area contributed by atoms with Crippen LogP contribution in [0, 0.1) is 5.92 Å². The lowest BCUT2D eigenvalue weighted by Crippen LogP contribution is -2.31. The molecule has 1 aromatic carbocycles. The first-order valence-electron chi connectivity index (χ1n) is 7.08. The number of carbonyl (C=O) groups is 1. The van der Waals surface area contributed by atoms with Crippen molar-refractivity contribution in [2.75, 3.05) is 6.54 Å². The Bertz CT molecular complexity index is 540. The van der Waals surface area contributed by atoms with E-state index in [0.717, 1.165) is 24.8 Å². The highest BCUT2D eigenvalue weighted by Gasteiger charge is 2.12. The van der Waals surface area contributed by atoms with Gasteiger partial charge in [-0.05, 0) is 42.3 Å². The van der Waals surface area contributed by atoms with E-state index in [9.17, 15) is 4.79 Å². The molecule has 0 aliphatic carbocycles. The van der Waals surface area contributed by atoms with E-state index in [-0.39, 0.29) is 11.8 Å². The number of benzene rings is 1. The van der Waals surface area contributed by atoms with Crippen molar-refractivity contribution < 1.29 is 4.79 Å². The van der Waals surface area contributed by atoms with Crippen molar-refractivity contribution in [3.63, 3.8) is 0 Å². The minimum Gasteiger partial charge on any atom is -0.361 e. The van der Waals surface area contributed by atoms with E-state index in [1.807, 2.05) is 6.20 Å². The minimum absolute atomic E-state index is 0.158. The van der Waals surface area contributed by atoms with Gasteiger partial charge in [-0.3, -0.25) is 4.79 Å². The molecule has 0 saturated heterocycles. The number of hydrogen-bond acceptors (Lipinski definition) is 1. The van der Waals surface area contributed by atoms with Crippen LogP contribution >= 0.6 is 0 Å². The molecule has 0 saturated carbocycles. The minimum atomic E-state index is 0.158. The molecule has 2 aromatic rings. The molecular weight excluding hydrogens is 236 g/mol. The zero-order chi connectivity index (χ0) is 13.7. The Hall–Kier alpha value is -1.77. The van der Waals surface area contributed by atoms with Gasteiger partial charge in [0.25, 0.3) is 0 Å². The number of hydrogen-bond donors (Lipinski definition) is 2. The zero-order valence-corrected chi connectivity index (χ0v) is 11.7. The van der Waals surface area contributed by atoms with Crippen molar-refractivity contribution in [2.45, 2.75) is 33.1 Å². The van der Waals surface area contributed by atoms with Crippen LogP contribution < -0.4 is 5.32 Å². The Morgan fingerprint density at radius 3 is 2.79 bits per heavy atom. The van der Waals surface area contributed by atoms with E-state index < -0.39 is 0 Å². The molecule has 3 heteroatoms. The molecule has 0 bridgehead atoms. The first-order valence-corrected chi connectivity index (χ1v) is 7.08. The Morgan fingerprint density at radius 2 is 2.05 bits per heavy atom. The summed E-state index contributed by atoms with van der Waals surface area (Å²) in [5.74, 6) is 0.344. The van der Waals surface area contributed by atoms with E-state index in [0.29, 0.717) is 6.54 Å². The first-order chi connectivity index (χ1) is 9.24. The molecule has 0 spiro atoms. The maximum atomic E-state index is 11.8. The third-order valence-corrected chi connectivity index (χ3v) is 3.69. The van der Waals surface area contributed by atoms with Crippen LogP contribution in [0.1, 0.15) is 32.3 Å². The van der Waals surface area contributed by atoms with Crippen LogP contribution in [0.2, 0.25) is 0 Å². The fourth-order valence-electron chi connectivity index (χ4n) is 2.38. The molecule has 1 aromatic heterocycles. The summed E-state index contributed by atoms with van der Waals surface area (Å²) in [6.45, 7) is 4.83. The smallest absolute Gasteiger partial charge is 0.223 e. The van der Waals surface area contributed by atoms with Crippen LogP contribution in [0.25, 0.3) is 10.9 Å². The fourth-order valence-corrected chi connectivity index (χ4v) is 2.38. The van der Waals surface area contributed by atoms with Crippen molar-refractivity contribution in [3.05, 3.63) is 36.0 Å². The molecule has 1 heterocycles. The van der Waals surface area contributed by atoms with E-state index >= 15 is 0 Å². The van der Waals surface area contributed by atoms with Gasteiger partial charge in [0.2, 0.25) is 5.91 Å². The number of H-pyrrole nitrogens is 1. The molecule has 0 aliphatic heterocycles. The lowest BCUT2D eigenvalue weighted by molar-refractivity contribution is -0.125. The Morgan fingerprint density at radius 1 is 1.26 bits per heavy atom. The van der Waals surface area contributed by atoms with Crippen LogP contribution in [-0.4, -0.2) is 17.4 Å². The average Bonchev–Trinajstić information content (AvgIpc) is 2.87. The van der Waals surface area contributed by atoms with E-state index in [2.05, 4.69) is 48.4 Å². The lowest BCUT2D eigenvalue weighted by atomic mass is 10.0. The normalized spacial score (nSPS) is 11.1. The predicted octanol–water partition coefficient (Wildman–Crippen LogP) is 3.26. The van der Waals surface area contributed by atoms with Crippen LogP contribution in [0.15, 0.2) is 30.5 Å². The molecule has 0 atom stereocenters. The number of rotatable bonds is 6. The van der Waals surface area contributed by atoms with Gasteiger partial charge in [-0.15, -0.1) is 0 Å². The highest BCUT2D eigenvalue weighted by atomic mass is 16.1. The summed E-state index contributed by atoms with van der Waals surface area (Å²) >= 11 is 0. The highest BCUT2D eigenvalue weighted by molar-refractivity contribution is 5.80. The van der Waals surface area contributed by atoms with Crippen molar-refractivity contribution >= 4 is 16.8 Å². The maximum absolute atomic E-state index is 11.8. The largest absolute Gasteiger partial charge is 0.361 e. The van der Waals surface area contributed by atoms with Crippen molar-refractivity contribution in [1.29, 1.82) is 0 Å². The Balaban J connectivity index is 1.86. The number of nitrogens with one attached hydrogen (secondary N) is 2. The molecule has 2 rings (SSSR count). The number of aromatic nitrogens is 1. The molecular formula is C16H22N2O. The molecule has 0 unspecified atom stereocenters. The molecule has 3 nitrogen and oxygen atoms in total. The highest BCUT2D eigenvalue weighted by Crippen LogP contribution is 2.14. The van der Waals surface area contributed by atoms with Gasteiger partial charge in [0.15, 0.2) is 0 Å². The van der Waals surface area contributed by atoms with Gasteiger partial charge < -0.3 is 10.3 Å².